The van der Waals surface area contributed by atoms with E-state index in [2.05, 4.69) is 5.32 Å². The Labute approximate surface area is 89.8 Å². The van der Waals surface area contributed by atoms with Crippen LogP contribution in [-0.4, -0.2) is 43.1 Å². The first kappa shape index (κ1) is 12.4. The summed E-state index contributed by atoms with van der Waals surface area (Å²) in [5.74, 6) is -0.386. The summed E-state index contributed by atoms with van der Waals surface area (Å²) < 4.78 is 22.3. The zero-order valence-corrected chi connectivity index (χ0v) is 9.59. The van der Waals surface area contributed by atoms with Crippen LogP contribution in [0, 0.1) is 0 Å². The minimum absolute atomic E-state index is 0.00112. The summed E-state index contributed by atoms with van der Waals surface area (Å²) in [7, 11) is -2.85. The van der Waals surface area contributed by atoms with Crippen LogP contribution in [0.1, 0.15) is 26.2 Å². The van der Waals surface area contributed by atoms with Gasteiger partial charge in [-0.2, -0.15) is 0 Å². The molecule has 0 saturated carbocycles. The van der Waals surface area contributed by atoms with E-state index in [4.69, 9.17) is 5.11 Å². The Balaban J connectivity index is 2.27. The highest BCUT2D eigenvalue weighted by Gasteiger charge is 2.28. The normalized spacial score (nSPS) is 26.3. The van der Waals surface area contributed by atoms with Crippen LogP contribution in [-0.2, 0) is 14.6 Å². The smallest absolute Gasteiger partial charge is 0.303 e. The van der Waals surface area contributed by atoms with Crippen LogP contribution in [0.5, 0.6) is 0 Å². The third-order valence-corrected chi connectivity index (χ3v) is 4.31. The largest absolute Gasteiger partial charge is 0.481 e. The van der Waals surface area contributed by atoms with Crippen LogP contribution >= 0.6 is 0 Å². The molecule has 0 aliphatic carbocycles. The Kier molecular flexibility index (Phi) is 4.10. The number of hydrogen-bond donors (Lipinski definition) is 2. The molecule has 1 aliphatic rings. The number of carbonyl (C=O) groups is 1. The highest BCUT2D eigenvalue weighted by molar-refractivity contribution is 7.91. The molecule has 2 unspecified atom stereocenters. The third kappa shape index (κ3) is 4.61. The van der Waals surface area contributed by atoms with E-state index in [0.717, 1.165) is 0 Å². The Morgan fingerprint density at radius 3 is 2.73 bits per heavy atom. The lowest BCUT2D eigenvalue weighted by Gasteiger charge is -2.17. The predicted octanol–water partition coefficient (Wildman–Crippen LogP) is 0.0164. The fourth-order valence-corrected chi connectivity index (χ4v) is 3.44. The molecule has 1 saturated heterocycles. The molecule has 2 atom stereocenters. The Morgan fingerprint density at radius 2 is 2.27 bits per heavy atom. The summed E-state index contributed by atoms with van der Waals surface area (Å²) in [6, 6.07) is 0.0539. The Morgan fingerprint density at radius 1 is 1.60 bits per heavy atom. The van der Waals surface area contributed by atoms with Crippen LogP contribution in [0.3, 0.4) is 0 Å². The third-order valence-electron chi connectivity index (χ3n) is 2.54. The molecule has 15 heavy (non-hydrogen) atoms. The van der Waals surface area contributed by atoms with E-state index >= 15 is 0 Å². The minimum Gasteiger partial charge on any atom is -0.481 e. The van der Waals surface area contributed by atoms with Gasteiger partial charge in [0, 0.05) is 18.5 Å². The number of aliphatic carboxylic acids is 1. The quantitative estimate of drug-likeness (QED) is 0.701. The van der Waals surface area contributed by atoms with E-state index in [1.807, 2.05) is 6.92 Å². The maximum absolute atomic E-state index is 11.2. The second-order valence-corrected chi connectivity index (χ2v) is 6.33. The second kappa shape index (κ2) is 4.94. The molecular formula is C9H17NO4S. The first-order chi connectivity index (χ1) is 6.89. The zero-order chi connectivity index (χ0) is 11.5. The summed E-state index contributed by atoms with van der Waals surface area (Å²) in [6.07, 6.45) is 1.29. The highest BCUT2D eigenvalue weighted by atomic mass is 32.2. The average molecular weight is 235 g/mol. The van der Waals surface area contributed by atoms with Crippen molar-refractivity contribution in [1.29, 1.82) is 0 Å². The van der Waals surface area contributed by atoms with Gasteiger partial charge in [-0.15, -0.1) is 0 Å². The molecule has 2 N–H and O–H groups in total. The average Bonchev–Trinajstić information content (AvgIpc) is 2.42. The molecule has 0 aromatic heterocycles. The predicted molar refractivity (Wildman–Crippen MR) is 56.5 cm³/mol. The first-order valence-electron chi connectivity index (χ1n) is 5.07. The maximum atomic E-state index is 11.2. The summed E-state index contributed by atoms with van der Waals surface area (Å²) in [4.78, 5) is 10.3. The summed E-state index contributed by atoms with van der Waals surface area (Å²) in [5, 5.41) is 11.6. The summed E-state index contributed by atoms with van der Waals surface area (Å²) in [5.41, 5.74) is 0. The van der Waals surface area contributed by atoms with Crippen molar-refractivity contribution in [3.63, 3.8) is 0 Å². The monoisotopic (exact) mass is 235 g/mol. The van der Waals surface area contributed by atoms with Crippen LogP contribution in [0.2, 0.25) is 0 Å². The van der Waals surface area contributed by atoms with Crippen molar-refractivity contribution in [3.8, 4) is 0 Å². The van der Waals surface area contributed by atoms with Gasteiger partial charge in [0.15, 0.2) is 9.84 Å². The summed E-state index contributed by atoms with van der Waals surface area (Å²) in [6.45, 7) is 1.88. The molecule has 0 amide bonds. The van der Waals surface area contributed by atoms with Crippen molar-refractivity contribution in [3.05, 3.63) is 0 Å². The van der Waals surface area contributed by atoms with Gasteiger partial charge in [-0.25, -0.2) is 8.42 Å². The standard InChI is InChI=1S/C9H17NO4S/c1-7(2-3-9(11)12)10-8-4-5-15(13,14)6-8/h7-8,10H,2-6H2,1H3,(H,11,12). The van der Waals surface area contributed by atoms with Crippen molar-refractivity contribution >= 4 is 15.8 Å². The van der Waals surface area contributed by atoms with Crippen molar-refractivity contribution in [2.24, 2.45) is 0 Å². The van der Waals surface area contributed by atoms with E-state index in [0.29, 0.717) is 12.8 Å². The van der Waals surface area contributed by atoms with E-state index in [1.165, 1.54) is 0 Å². The van der Waals surface area contributed by atoms with Crippen LogP contribution in [0.4, 0.5) is 0 Å². The lowest BCUT2D eigenvalue weighted by atomic mass is 10.1. The number of carboxylic acid groups (broad SMARTS) is 1. The molecular weight excluding hydrogens is 218 g/mol. The van der Waals surface area contributed by atoms with Crippen molar-refractivity contribution < 1.29 is 18.3 Å². The lowest BCUT2D eigenvalue weighted by Crippen LogP contribution is -2.37. The number of nitrogens with one attached hydrogen (secondary N) is 1. The van der Waals surface area contributed by atoms with Gasteiger partial charge in [0.05, 0.1) is 11.5 Å². The molecule has 0 bridgehead atoms. The molecule has 0 spiro atoms. The molecule has 1 fully saturated rings. The molecule has 1 aliphatic heterocycles. The molecule has 1 heterocycles. The maximum Gasteiger partial charge on any atom is 0.303 e. The SMILES string of the molecule is CC(CCC(=O)O)NC1CCS(=O)(=O)C1. The van der Waals surface area contributed by atoms with Gasteiger partial charge in [-0.05, 0) is 19.8 Å². The first-order valence-corrected chi connectivity index (χ1v) is 6.89. The van der Waals surface area contributed by atoms with Crippen LogP contribution in [0.15, 0.2) is 0 Å². The Bertz CT molecular complexity index is 325. The molecule has 0 aromatic rings. The molecule has 5 nitrogen and oxygen atoms in total. The van der Waals surface area contributed by atoms with Crippen molar-refractivity contribution in [1.82, 2.24) is 5.32 Å². The van der Waals surface area contributed by atoms with E-state index in [-0.39, 0.29) is 30.0 Å². The van der Waals surface area contributed by atoms with Crippen LogP contribution in [0.25, 0.3) is 0 Å². The van der Waals surface area contributed by atoms with Gasteiger partial charge < -0.3 is 10.4 Å². The van der Waals surface area contributed by atoms with E-state index in [1.54, 1.807) is 0 Å². The second-order valence-electron chi connectivity index (χ2n) is 4.10. The molecule has 0 radical (unpaired) electrons. The fraction of sp³-hybridized carbons (Fsp3) is 0.889. The number of sulfone groups is 1. The molecule has 88 valence electrons. The lowest BCUT2D eigenvalue weighted by molar-refractivity contribution is -0.137. The highest BCUT2D eigenvalue weighted by Crippen LogP contribution is 2.12. The number of hydrogen-bond acceptors (Lipinski definition) is 4. The zero-order valence-electron chi connectivity index (χ0n) is 8.77. The van der Waals surface area contributed by atoms with Gasteiger partial charge in [0.2, 0.25) is 0 Å². The number of rotatable bonds is 5. The molecule has 6 heteroatoms. The van der Waals surface area contributed by atoms with Gasteiger partial charge in [-0.1, -0.05) is 0 Å². The van der Waals surface area contributed by atoms with Crippen molar-refractivity contribution in [2.45, 2.75) is 38.3 Å². The van der Waals surface area contributed by atoms with E-state index in [9.17, 15) is 13.2 Å². The van der Waals surface area contributed by atoms with Crippen LogP contribution < -0.4 is 5.32 Å². The van der Waals surface area contributed by atoms with Gasteiger partial charge >= 0.3 is 5.97 Å². The fourth-order valence-electron chi connectivity index (χ4n) is 1.75. The van der Waals surface area contributed by atoms with Gasteiger partial charge in [-0.3, -0.25) is 4.79 Å². The van der Waals surface area contributed by atoms with Gasteiger partial charge in [0.1, 0.15) is 0 Å². The van der Waals surface area contributed by atoms with Gasteiger partial charge in [0.25, 0.3) is 0 Å². The molecule has 1 rings (SSSR count). The summed E-state index contributed by atoms with van der Waals surface area (Å²) >= 11 is 0. The minimum atomic E-state index is -2.85. The molecule has 0 aromatic carbocycles. The van der Waals surface area contributed by atoms with Crippen molar-refractivity contribution in [2.75, 3.05) is 11.5 Å². The van der Waals surface area contributed by atoms with E-state index < -0.39 is 15.8 Å². The number of carboxylic acids is 1. The topological polar surface area (TPSA) is 83.5 Å². The Hall–Kier alpha value is -0.620.